The lowest BCUT2D eigenvalue weighted by Gasteiger charge is -2.31. The van der Waals surface area contributed by atoms with Gasteiger partial charge in [-0.15, -0.1) is 0 Å². The maximum atomic E-state index is 4.40. The molecular formula is C22H29N5. The molecule has 142 valence electrons. The van der Waals surface area contributed by atoms with Crippen molar-refractivity contribution in [1.29, 1.82) is 0 Å². The van der Waals surface area contributed by atoms with Gasteiger partial charge in [-0.3, -0.25) is 10.3 Å². The summed E-state index contributed by atoms with van der Waals surface area (Å²) in [5, 5.41) is 6.71. The molecule has 2 rings (SSSR count). The summed E-state index contributed by atoms with van der Waals surface area (Å²) in [7, 11) is 0. The number of hydrogen-bond acceptors (Lipinski definition) is 5. The molecule has 1 heterocycles. The third kappa shape index (κ3) is 6.38. The Morgan fingerprint density at radius 2 is 2.19 bits per heavy atom. The molecule has 0 saturated heterocycles. The van der Waals surface area contributed by atoms with Gasteiger partial charge in [0, 0.05) is 25.8 Å². The Labute approximate surface area is 162 Å². The molecule has 0 unspecified atom stereocenters. The van der Waals surface area contributed by atoms with Crippen molar-refractivity contribution in [2.45, 2.75) is 13.3 Å². The Bertz CT molecular complexity index is 743. The molecule has 1 aromatic carbocycles. The summed E-state index contributed by atoms with van der Waals surface area (Å²) >= 11 is 0. The summed E-state index contributed by atoms with van der Waals surface area (Å²) in [5.74, 6) is 0.803. The molecule has 0 saturated carbocycles. The van der Waals surface area contributed by atoms with E-state index < -0.39 is 0 Å². The van der Waals surface area contributed by atoms with Gasteiger partial charge in [0.2, 0.25) is 0 Å². The quantitative estimate of drug-likeness (QED) is 0.373. The van der Waals surface area contributed by atoms with Gasteiger partial charge in [0.25, 0.3) is 0 Å². The van der Waals surface area contributed by atoms with Crippen molar-refractivity contribution < 1.29 is 0 Å². The molecule has 0 amide bonds. The third-order valence-corrected chi connectivity index (χ3v) is 4.12. The molecule has 0 fully saturated rings. The molecule has 5 nitrogen and oxygen atoms in total. The molecule has 0 radical (unpaired) electrons. The van der Waals surface area contributed by atoms with E-state index in [1.165, 1.54) is 5.57 Å². The van der Waals surface area contributed by atoms with E-state index in [-0.39, 0.29) is 0 Å². The Kier molecular flexibility index (Phi) is 8.80. The van der Waals surface area contributed by atoms with E-state index in [2.05, 4.69) is 57.0 Å². The second-order valence-corrected chi connectivity index (χ2v) is 6.00. The number of benzene rings is 1. The lowest BCUT2D eigenvalue weighted by molar-refractivity contribution is 0.705. The smallest absolute Gasteiger partial charge is 0.133 e. The minimum absolute atomic E-state index is 0.566. The highest BCUT2D eigenvalue weighted by molar-refractivity contribution is 5.78. The van der Waals surface area contributed by atoms with Crippen molar-refractivity contribution in [2.24, 2.45) is 9.98 Å². The second kappa shape index (κ2) is 11.6. The van der Waals surface area contributed by atoms with Gasteiger partial charge >= 0.3 is 0 Å². The van der Waals surface area contributed by atoms with E-state index in [1.54, 1.807) is 6.21 Å². The first kappa shape index (κ1) is 20.4. The van der Waals surface area contributed by atoms with Gasteiger partial charge in [-0.05, 0) is 43.8 Å². The molecule has 5 heteroatoms. The first-order valence-corrected chi connectivity index (χ1v) is 9.22. The summed E-state index contributed by atoms with van der Waals surface area (Å²) < 4.78 is 0. The van der Waals surface area contributed by atoms with Crippen LogP contribution in [0.1, 0.15) is 13.3 Å². The molecular weight excluding hydrogens is 334 g/mol. The Balaban J connectivity index is 1.86. The van der Waals surface area contributed by atoms with Crippen molar-refractivity contribution >= 4 is 24.3 Å². The normalized spacial score (nSPS) is 15.1. The molecule has 27 heavy (non-hydrogen) atoms. The van der Waals surface area contributed by atoms with Crippen LogP contribution in [-0.2, 0) is 0 Å². The molecule has 2 N–H and O–H groups in total. The van der Waals surface area contributed by atoms with Crippen LogP contribution in [0.5, 0.6) is 0 Å². The van der Waals surface area contributed by atoms with E-state index in [0.29, 0.717) is 6.67 Å². The lowest BCUT2D eigenvalue weighted by atomic mass is 10.1. The molecule has 1 aromatic rings. The topological polar surface area (TPSA) is 52.0 Å². The fourth-order valence-electron chi connectivity index (χ4n) is 2.88. The van der Waals surface area contributed by atoms with Crippen LogP contribution in [-0.4, -0.2) is 39.2 Å². The lowest BCUT2D eigenvalue weighted by Crippen LogP contribution is -2.32. The maximum absolute atomic E-state index is 4.40. The van der Waals surface area contributed by atoms with Crippen LogP contribution in [0.25, 0.3) is 0 Å². The molecule has 0 bridgehead atoms. The van der Waals surface area contributed by atoms with Crippen molar-refractivity contribution in [2.75, 3.05) is 36.5 Å². The van der Waals surface area contributed by atoms with Gasteiger partial charge in [-0.1, -0.05) is 43.0 Å². The van der Waals surface area contributed by atoms with Crippen molar-refractivity contribution in [3.05, 3.63) is 72.6 Å². The number of hydrogen-bond donors (Lipinski definition) is 2. The fourth-order valence-corrected chi connectivity index (χ4v) is 2.88. The van der Waals surface area contributed by atoms with Crippen LogP contribution in [0.3, 0.4) is 0 Å². The number of para-hydroxylation sites is 2. The van der Waals surface area contributed by atoms with Crippen LogP contribution in [0.2, 0.25) is 0 Å². The minimum Gasteiger partial charge on any atom is -0.382 e. The minimum atomic E-state index is 0.566. The van der Waals surface area contributed by atoms with Crippen LogP contribution >= 0.6 is 0 Å². The van der Waals surface area contributed by atoms with Gasteiger partial charge in [0.05, 0.1) is 18.0 Å². The number of allylic oxidation sites excluding steroid dienone is 5. The number of anilines is 2. The highest BCUT2D eigenvalue weighted by atomic mass is 15.3. The molecule has 0 aromatic heterocycles. The Hall–Kier alpha value is -2.92. The van der Waals surface area contributed by atoms with Crippen LogP contribution < -0.4 is 15.5 Å². The second-order valence-electron chi connectivity index (χ2n) is 6.00. The zero-order valence-corrected chi connectivity index (χ0v) is 16.1. The monoisotopic (exact) mass is 363 g/mol. The first-order chi connectivity index (χ1) is 13.3. The van der Waals surface area contributed by atoms with Gasteiger partial charge in [-0.25, -0.2) is 4.99 Å². The predicted molar refractivity (Wildman–Crippen MR) is 119 cm³/mol. The SMILES string of the molecule is C=C/C=C(\C=C/C)CCNCN=C/C=C(\N=C)N1CCNc2ccccc21. The molecule has 0 aliphatic carbocycles. The van der Waals surface area contributed by atoms with Gasteiger partial charge < -0.3 is 10.2 Å². The number of aliphatic imine (C=N–C) groups is 2. The highest BCUT2D eigenvalue weighted by Gasteiger charge is 2.18. The van der Waals surface area contributed by atoms with Gasteiger partial charge in [0.15, 0.2) is 0 Å². The number of rotatable bonds is 10. The highest BCUT2D eigenvalue weighted by Crippen LogP contribution is 2.31. The van der Waals surface area contributed by atoms with E-state index in [0.717, 1.165) is 43.3 Å². The van der Waals surface area contributed by atoms with E-state index in [1.807, 2.05) is 43.4 Å². The van der Waals surface area contributed by atoms with E-state index in [4.69, 9.17) is 0 Å². The molecule has 0 spiro atoms. The van der Waals surface area contributed by atoms with Crippen LogP contribution in [0.4, 0.5) is 11.4 Å². The first-order valence-electron chi connectivity index (χ1n) is 9.22. The summed E-state index contributed by atoms with van der Waals surface area (Å²) in [6.45, 7) is 12.6. The maximum Gasteiger partial charge on any atom is 0.133 e. The standard InChI is InChI=1S/C22H29N5/c1-4-8-19(9-5-2)12-14-24-18-25-15-13-22(23-3)27-17-16-26-20-10-6-7-11-21(20)27/h4-11,13,15,24,26H,1,3,12,14,16-18H2,2H3/b9-5-,19-8+,22-13+,25-15?. The summed E-state index contributed by atoms with van der Waals surface area (Å²) in [4.78, 5) is 10.7. The summed E-state index contributed by atoms with van der Waals surface area (Å²) in [5.41, 5.74) is 3.47. The number of nitrogens with zero attached hydrogens (tertiary/aromatic N) is 3. The fraction of sp³-hybridized carbons (Fsp3) is 0.273. The average molecular weight is 364 g/mol. The van der Waals surface area contributed by atoms with Crippen molar-refractivity contribution in [3.8, 4) is 0 Å². The van der Waals surface area contributed by atoms with Crippen LogP contribution in [0, 0.1) is 0 Å². The largest absolute Gasteiger partial charge is 0.382 e. The van der Waals surface area contributed by atoms with Gasteiger partial charge in [-0.2, -0.15) is 0 Å². The van der Waals surface area contributed by atoms with E-state index >= 15 is 0 Å². The predicted octanol–water partition coefficient (Wildman–Crippen LogP) is 4.16. The molecule has 1 aliphatic heterocycles. The zero-order chi connectivity index (χ0) is 19.3. The number of fused-ring (bicyclic) bond motifs is 1. The third-order valence-electron chi connectivity index (χ3n) is 4.12. The van der Waals surface area contributed by atoms with Gasteiger partial charge in [0.1, 0.15) is 5.82 Å². The molecule has 0 atom stereocenters. The summed E-state index contributed by atoms with van der Waals surface area (Å²) in [6, 6.07) is 8.21. The van der Waals surface area contributed by atoms with Crippen molar-refractivity contribution in [3.63, 3.8) is 0 Å². The summed E-state index contributed by atoms with van der Waals surface area (Å²) in [6.07, 6.45) is 12.6. The van der Waals surface area contributed by atoms with Crippen molar-refractivity contribution in [1.82, 2.24) is 5.32 Å². The average Bonchev–Trinajstić information content (AvgIpc) is 2.70. The zero-order valence-electron chi connectivity index (χ0n) is 16.1. The van der Waals surface area contributed by atoms with E-state index in [9.17, 15) is 0 Å². The number of nitrogens with one attached hydrogen (secondary N) is 2. The molecule has 1 aliphatic rings. The Morgan fingerprint density at radius 3 is 2.96 bits per heavy atom. The Morgan fingerprint density at radius 1 is 1.33 bits per heavy atom. The van der Waals surface area contributed by atoms with Crippen LogP contribution in [0.15, 0.2) is 82.6 Å².